The van der Waals surface area contributed by atoms with E-state index in [4.69, 9.17) is 4.74 Å². The Balaban J connectivity index is 2.52. The zero-order chi connectivity index (χ0) is 15.2. The van der Waals surface area contributed by atoms with Crippen LogP contribution in [0.15, 0.2) is 35.1 Å². The number of carbonyl (C=O) groups is 1. The molecule has 0 atom stereocenters. The molecule has 1 heterocycles. The van der Waals surface area contributed by atoms with Gasteiger partial charge in [0.1, 0.15) is 5.82 Å². The maximum atomic E-state index is 12.2. The molecule has 0 aliphatic heterocycles. The lowest BCUT2D eigenvalue weighted by Gasteiger charge is -2.09. The van der Waals surface area contributed by atoms with E-state index in [2.05, 4.69) is 9.97 Å². The van der Waals surface area contributed by atoms with Gasteiger partial charge in [0.15, 0.2) is 0 Å². The number of aromatic nitrogens is 2. The number of aryl methyl sites for hydroxylation is 1. The number of H-pyrrole nitrogens is 1. The Bertz CT molecular complexity index is 678. The second-order valence-electron chi connectivity index (χ2n) is 4.54. The van der Waals surface area contributed by atoms with Gasteiger partial charge in [-0.2, -0.15) is 0 Å². The first-order chi connectivity index (χ1) is 10.2. The fourth-order valence-electron chi connectivity index (χ4n) is 2.07. The molecule has 0 saturated heterocycles. The predicted molar refractivity (Wildman–Crippen MR) is 80.0 cm³/mol. The van der Waals surface area contributed by atoms with Gasteiger partial charge < -0.3 is 9.72 Å². The van der Waals surface area contributed by atoms with Crippen molar-refractivity contribution in [3.05, 3.63) is 52.1 Å². The molecule has 0 amide bonds. The third kappa shape index (κ3) is 3.56. The highest BCUT2D eigenvalue weighted by Crippen LogP contribution is 2.19. The van der Waals surface area contributed by atoms with Crippen LogP contribution in [0, 0.1) is 0 Å². The zero-order valence-electron chi connectivity index (χ0n) is 12.2. The van der Waals surface area contributed by atoms with Gasteiger partial charge in [-0.05, 0) is 6.92 Å². The van der Waals surface area contributed by atoms with Crippen molar-refractivity contribution in [2.75, 3.05) is 6.61 Å². The van der Waals surface area contributed by atoms with Crippen molar-refractivity contribution < 1.29 is 9.53 Å². The van der Waals surface area contributed by atoms with Gasteiger partial charge in [-0.3, -0.25) is 9.59 Å². The third-order valence-electron chi connectivity index (χ3n) is 3.07. The Labute approximate surface area is 123 Å². The second-order valence-corrected chi connectivity index (χ2v) is 4.54. The molecule has 0 aliphatic rings. The summed E-state index contributed by atoms with van der Waals surface area (Å²) in [7, 11) is 0. The number of nitrogens with zero attached hydrogens (tertiary/aromatic N) is 1. The molecule has 110 valence electrons. The predicted octanol–water partition coefficient (Wildman–Crippen LogP) is 2.10. The zero-order valence-corrected chi connectivity index (χ0v) is 12.2. The van der Waals surface area contributed by atoms with Gasteiger partial charge in [0.05, 0.1) is 24.3 Å². The smallest absolute Gasteiger partial charge is 0.310 e. The molecule has 21 heavy (non-hydrogen) atoms. The van der Waals surface area contributed by atoms with Crippen LogP contribution in [0.3, 0.4) is 0 Å². The quantitative estimate of drug-likeness (QED) is 0.854. The summed E-state index contributed by atoms with van der Waals surface area (Å²) in [6, 6.07) is 9.38. The number of carbonyl (C=O) groups excluding carboxylic acids is 1. The van der Waals surface area contributed by atoms with Gasteiger partial charge in [-0.15, -0.1) is 0 Å². The first kappa shape index (κ1) is 15.0. The van der Waals surface area contributed by atoms with Crippen molar-refractivity contribution in [3.63, 3.8) is 0 Å². The lowest BCUT2D eigenvalue weighted by Crippen LogP contribution is -2.22. The highest BCUT2D eigenvalue weighted by Gasteiger charge is 2.16. The number of benzene rings is 1. The van der Waals surface area contributed by atoms with Crippen LogP contribution in [0.25, 0.3) is 11.3 Å². The van der Waals surface area contributed by atoms with Gasteiger partial charge in [-0.25, -0.2) is 4.98 Å². The Morgan fingerprint density at radius 1 is 1.24 bits per heavy atom. The molecule has 1 N–H and O–H groups in total. The van der Waals surface area contributed by atoms with Crippen LogP contribution in [-0.4, -0.2) is 22.5 Å². The molecule has 0 aliphatic carbocycles. The van der Waals surface area contributed by atoms with Gasteiger partial charge in [0, 0.05) is 12.0 Å². The van der Waals surface area contributed by atoms with E-state index in [-0.39, 0.29) is 18.6 Å². The van der Waals surface area contributed by atoms with E-state index < -0.39 is 5.97 Å². The van der Waals surface area contributed by atoms with Crippen LogP contribution in [0.5, 0.6) is 0 Å². The summed E-state index contributed by atoms with van der Waals surface area (Å²) >= 11 is 0. The molecule has 5 nitrogen and oxygen atoms in total. The fraction of sp³-hybridized carbons (Fsp3) is 0.312. The van der Waals surface area contributed by atoms with Crippen LogP contribution in [0.2, 0.25) is 0 Å². The Kier molecular flexibility index (Phi) is 4.87. The van der Waals surface area contributed by atoms with E-state index in [0.29, 0.717) is 23.5 Å². The van der Waals surface area contributed by atoms with E-state index in [1.54, 1.807) is 6.92 Å². The minimum Gasteiger partial charge on any atom is -0.466 e. The number of hydrogen-bond acceptors (Lipinski definition) is 4. The highest BCUT2D eigenvalue weighted by molar-refractivity contribution is 5.76. The van der Waals surface area contributed by atoms with Crippen LogP contribution in [-0.2, 0) is 22.4 Å². The fourth-order valence-corrected chi connectivity index (χ4v) is 2.07. The molecule has 0 spiro atoms. The molecule has 0 bridgehead atoms. The molecule has 5 heteroatoms. The SMILES string of the molecule is CCOC(=O)Cc1c(-c2ccccc2)nc(CC)[nH]c1=O. The summed E-state index contributed by atoms with van der Waals surface area (Å²) < 4.78 is 4.93. The molecule has 1 aromatic carbocycles. The van der Waals surface area contributed by atoms with Crippen LogP contribution >= 0.6 is 0 Å². The molecule has 2 aromatic rings. The molecule has 2 rings (SSSR count). The number of rotatable bonds is 5. The molecule has 0 radical (unpaired) electrons. The lowest BCUT2D eigenvalue weighted by atomic mass is 10.0. The van der Waals surface area contributed by atoms with Crippen molar-refractivity contribution in [3.8, 4) is 11.3 Å². The minimum atomic E-state index is -0.425. The van der Waals surface area contributed by atoms with Crippen LogP contribution < -0.4 is 5.56 Å². The van der Waals surface area contributed by atoms with Crippen LogP contribution in [0.1, 0.15) is 25.2 Å². The highest BCUT2D eigenvalue weighted by atomic mass is 16.5. The molecular weight excluding hydrogens is 268 g/mol. The largest absolute Gasteiger partial charge is 0.466 e. The summed E-state index contributed by atoms with van der Waals surface area (Å²) in [5.74, 6) is 0.178. The van der Waals surface area contributed by atoms with Crippen LogP contribution in [0.4, 0.5) is 0 Å². The molecular formula is C16H18N2O3. The van der Waals surface area contributed by atoms with Crippen molar-refractivity contribution in [1.29, 1.82) is 0 Å². The Morgan fingerprint density at radius 3 is 2.57 bits per heavy atom. The number of ether oxygens (including phenoxy) is 1. The summed E-state index contributed by atoms with van der Waals surface area (Å²) in [5.41, 5.74) is 1.42. The molecule has 0 fully saturated rings. The van der Waals surface area contributed by atoms with E-state index in [1.165, 1.54) is 0 Å². The van der Waals surface area contributed by atoms with Gasteiger partial charge in [-0.1, -0.05) is 37.3 Å². The van der Waals surface area contributed by atoms with Gasteiger partial charge >= 0.3 is 5.97 Å². The Morgan fingerprint density at radius 2 is 1.95 bits per heavy atom. The number of nitrogens with one attached hydrogen (secondary N) is 1. The first-order valence-corrected chi connectivity index (χ1v) is 6.98. The molecule has 0 unspecified atom stereocenters. The van der Waals surface area contributed by atoms with E-state index in [9.17, 15) is 9.59 Å². The van der Waals surface area contributed by atoms with E-state index in [0.717, 1.165) is 5.56 Å². The van der Waals surface area contributed by atoms with Crippen molar-refractivity contribution in [2.24, 2.45) is 0 Å². The minimum absolute atomic E-state index is 0.0790. The van der Waals surface area contributed by atoms with Gasteiger partial charge in [0.2, 0.25) is 0 Å². The Hall–Kier alpha value is -2.43. The van der Waals surface area contributed by atoms with Gasteiger partial charge in [0.25, 0.3) is 5.56 Å². The van der Waals surface area contributed by atoms with E-state index in [1.807, 2.05) is 37.3 Å². The summed E-state index contributed by atoms with van der Waals surface area (Å²) in [5, 5.41) is 0. The third-order valence-corrected chi connectivity index (χ3v) is 3.07. The summed E-state index contributed by atoms with van der Waals surface area (Å²) in [6.45, 7) is 3.94. The number of esters is 1. The molecule has 0 saturated carbocycles. The number of hydrogen-bond donors (Lipinski definition) is 1. The van der Waals surface area contributed by atoms with Crippen molar-refractivity contribution in [1.82, 2.24) is 9.97 Å². The molecule has 1 aromatic heterocycles. The normalized spacial score (nSPS) is 10.4. The van der Waals surface area contributed by atoms with Crippen molar-refractivity contribution >= 4 is 5.97 Å². The maximum absolute atomic E-state index is 12.2. The summed E-state index contributed by atoms with van der Waals surface area (Å²) in [4.78, 5) is 31.1. The second kappa shape index (κ2) is 6.83. The first-order valence-electron chi connectivity index (χ1n) is 6.98. The average Bonchev–Trinajstić information content (AvgIpc) is 2.50. The standard InChI is InChI=1S/C16H18N2O3/c1-3-13-17-15(11-8-6-5-7-9-11)12(16(20)18-13)10-14(19)21-4-2/h5-9H,3-4,10H2,1-2H3,(H,17,18,20). The lowest BCUT2D eigenvalue weighted by molar-refractivity contribution is -0.142. The average molecular weight is 286 g/mol. The monoisotopic (exact) mass is 286 g/mol. The van der Waals surface area contributed by atoms with E-state index >= 15 is 0 Å². The van der Waals surface area contributed by atoms with Crippen molar-refractivity contribution in [2.45, 2.75) is 26.7 Å². The maximum Gasteiger partial charge on any atom is 0.310 e. The summed E-state index contributed by atoms with van der Waals surface area (Å²) in [6.07, 6.45) is 0.541. The topological polar surface area (TPSA) is 72.0 Å². The number of aromatic amines is 1.